The van der Waals surface area contributed by atoms with E-state index in [1.165, 1.54) is 18.4 Å². The van der Waals surface area contributed by atoms with Gasteiger partial charge in [-0.3, -0.25) is 19.9 Å². The fraction of sp³-hybridized carbons (Fsp3) is 0.455. The number of carbonyl (C=O) groups excluding carboxylic acids is 1. The summed E-state index contributed by atoms with van der Waals surface area (Å²) in [7, 11) is 0. The molecule has 1 unspecified atom stereocenters. The average Bonchev–Trinajstić information content (AvgIpc) is 3.14. The summed E-state index contributed by atoms with van der Waals surface area (Å²) in [4.78, 5) is 22.0. The fourth-order valence-corrected chi connectivity index (χ4v) is 5.10. The van der Waals surface area contributed by atoms with Gasteiger partial charge in [-0.25, -0.2) is 4.98 Å². The third kappa shape index (κ3) is 3.02. The summed E-state index contributed by atoms with van der Waals surface area (Å²) in [6.07, 6.45) is 4.01. The number of hydrogen-bond acceptors (Lipinski definition) is 5. The zero-order valence-electron chi connectivity index (χ0n) is 16.8. The van der Waals surface area contributed by atoms with E-state index in [9.17, 15) is 4.79 Å². The highest BCUT2D eigenvalue weighted by molar-refractivity contribution is 5.92. The molecule has 8 nitrogen and oxygen atoms in total. The second-order valence-electron chi connectivity index (χ2n) is 9.05. The topological polar surface area (TPSA) is 93.8 Å². The van der Waals surface area contributed by atoms with E-state index in [4.69, 9.17) is 4.98 Å². The number of hydrogen-bond donors (Lipinski definition) is 2. The monoisotopic (exact) mass is 403 g/mol. The molecule has 1 aliphatic carbocycles. The predicted octanol–water partition coefficient (Wildman–Crippen LogP) is 2.15. The van der Waals surface area contributed by atoms with Crippen LogP contribution in [0.2, 0.25) is 0 Å². The molecule has 1 spiro atoms. The molecule has 2 saturated heterocycles. The third-order valence-corrected chi connectivity index (χ3v) is 6.79. The Hall–Kier alpha value is -3.00. The number of carbonyl (C=O) groups is 1. The average molecular weight is 403 g/mol. The highest BCUT2D eigenvalue weighted by Crippen LogP contribution is 2.49. The summed E-state index contributed by atoms with van der Waals surface area (Å²) in [5, 5.41) is 14.5. The van der Waals surface area contributed by atoms with Crippen molar-refractivity contribution in [2.75, 3.05) is 26.2 Å². The van der Waals surface area contributed by atoms with E-state index < -0.39 is 0 Å². The van der Waals surface area contributed by atoms with Gasteiger partial charge < -0.3 is 4.90 Å². The number of aromatic amines is 2. The smallest absolute Gasteiger partial charge is 0.271 e. The Morgan fingerprint density at radius 2 is 1.93 bits per heavy atom. The standard InChI is InChI=1S/C22H25N7O/c30-21(18-8-9-23-25-18)29-13-22(14-29)12-28(10-15-4-2-1-3-5-15)11-17(22)20-24-19(26-27-20)16-6-7-16/h1-5,8-9,16-17H,6-7,10-14H2,(H,23,25)(H,24,26,27). The number of amides is 1. The lowest BCUT2D eigenvalue weighted by Gasteiger charge is -2.50. The van der Waals surface area contributed by atoms with Gasteiger partial charge in [0.1, 0.15) is 11.5 Å². The van der Waals surface area contributed by atoms with E-state index in [1.807, 2.05) is 4.90 Å². The Morgan fingerprint density at radius 3 is 2.67 bits per heavy atom. The second-order valence-corrected chi connectivity index (χ2v) is 9.05. The van der Waals surface area contributed by atoms with Crippen molar-refractivity contribution in [1.29, 1.82) is 0 Å². The molecule has 1 amide bonds. The van der Waals surface area contributed by atoms with Crippen molar-refractivity contribution in [2.45, 2.75) is 31.2 Å². The van der Waals surface area contributed by atoms with Crippen molar-refractivity contribution in [3.05, 3.63) is 65.5 Å². The lowest BCUT2D eigenvalue weighted by molar-refractivity contribution is 0.00136. The Bertz CT molecular complexity index is 1030. The van der Waals surface area contributed by atoms with Gasteiger partial charge in [-0.1, -0.05) is 30.3 Å². The van der Waals surface area contributed by atoms with Gasteiger partial charge in [0, 0.05) is 56.2 Å². The first kappa shape index (κ1) is 17.8. The van der Waals surface area contributed by atoms with E-state index in [2.05, 4.69) is 55.6 Å². The summed E-state index contributed by atoms with van der Waals surface area (Å²) in [6, 6.07) is 12.3. The first-order valence-corrected chi connectivity index (χ1v) is 10.7. The molecule has 2 aliphatic heterocycles. The number of aromatic nitrogens is 5. The van der Waals surface area contributed by atoms with E-state index >= 15 is 0 Å². The number of benzene rings is 1. The highest BCUT2D eigenvalue weighted by atomic mass is 16.2. The molecule has 3 fully saturated rings. The molecule has 2 N–H and O–H groups in total. The highest BCUT2D eigenvalue weighted by Gasteiger charge is 2.57. The minimum atomic E-state index is 0.0187. The summed E-state index contributed by atoms with van der Waals surface area (Å²) in [5.41, 5.74) is 1.88. The predicted molar refractivity (Wildman–Crippen MR) is 110 cm³/mol. The van der Waals surface area contributed by atoms with E-state index in [-0.39, 0.29) is 17.2 Å². The van der Waals surface area contributed by atoms with Crippen LogP contribution in [0.5, 0.6) is 0 Å². The lowest BCUT2D eigenvalue weighted by atomic mass is 9.71. The molecule has 1 saturated carbocycles. The first-order chi connectivity index (χ1) is 14.7. The van der Waals surface area contributed by atoms with Crippen LogP contribution in [0.3, 0.4) is 0 Å². The number of nitrogens with zero attached hydrogens (tertiary/aromatic N) is 5. The molecule has 154 valence electrons. The first-order valence-electron chi connectivity index (χ1n) is 10.7. The Morgan fingerprint density at radius 1 is 1.10 bits per heavy atom. The van der Waals surface area contributed by atoms with Gasteiger partial charge in [0.2, 0.25) is 0 Å². The van der Waals surface area contributed by atoms with Crippen molar-refractivity contribution in [3.63, 3.8) is 0 Å². The molecule has 2 aromatic heterocycles. The molecule has 30 heavy (non-hydrogen) atoms. The molecule has 0 radical (unpaired) electrons. The molecule has 1 atom stereocenters. The van der Waals surface area contributed by atoms with Gasteiger partial charge in [-0.05, 0) is 24.5 Å². The second kappa shape index (κ2) is 6.77. The molecule has 8 heteroatoms. The van der Waals surface area contributed by atoms with Gasteiger partial charge in [-0.15, -0.1) is 0 Å². The summed E-state index contributed by atoms with van der Waals surface area (Å²) in [5.74, 6) is 2.77. The maximum Gasteiger partial charge on any atom is 0.271 e. The van der Waals surface area contributed by atoms with Crippen LogP contribution in [-0.2, 0) is 6.54 Å². The molecule has 3 aliphatic rings. The molecular formula is C22H25N7O. The molecule has 6 rings (SSSR count). The molecule has 1 aromatic carbocycles. The van der Waals surface area contributed by atoms with Gasteiger partial charge in [0.15, 0.2) is 5.82 Å². The summed E-state index contributed by atoms with van der Waals surface area (Å²) < 4.78 is 0. The zero-order valence-corrected chi connectivity index (χ0v) is 16.8. The van der Waals surface area contributed by atoms with Crippen LogP contribution in [0.1, 0.15) is 52.4 Å². The van der Waals surface area contributed by atoms with Crippen LogP contribution in [-0.4, -0.2) is 67.3 Å². The van der Waals surface area contributed by atoms with E-state index in [0.29, 0.717) is 11.6 Å². The largest absolute Gasteiger partial charge is 0.336 e. The normalized spacial score (nSPS) is 23.1. The minimum Gasteiger partial charge on any atom is -0.336 e. The Labute approximate surface area is 174 Å². The molecule has 3 aromatic rings. The van der Waals surface area contributed by atoms with Crippen LogP contribution in [0.4, 0.5) is 0 Å². The van der Waals surface area contributed by atoms with Gasteiger partial charge in [0.05, 0.1) is 0 Å². The van der Waals surface area contributed by atoms with Crippen molar-refractivity contribution >= 4 is 5.91 Å². The molecular weight excluding hydrogens is 378 g/mol. The van der Waals surface area contributed by atoms with Crippen LogP contribution < -0.4 is 0 Å². The maximum absolute atomic E-state index is 12.8. The van der Waals surface area contributed by atoms with Crippen molar-refractivity contribution < 1.29 is 4.79 Å². The number of H-pyrrole nitrogens is 2. The molecule has 4 heterocycles. The van der Waals surface area contributed by atoms with Gasteiger partial charge in [-0.2, -0.15) is 10.2 Å². The van der Waals surface area contributed by atoms with Crippen molar-refractivity contribution in [2.24, 2.45) is 5.41 Å². The van der Waals surface area contributed by atoms with Crippen LogP contribution in [0.15, 0.2) is 42.6 Å². The van der Waals surface area contributed by atoms with E-state index in [0.717, 1.165) is 44.4 Å². The van der Waals surface area contributed by atoms with E-state index in [1.54, 1.807) is 12.3 Å². The SMILES string of the molecule is O=C(c1ccn[nH]1)N1CC2(CN(Cc3ccccc3)CC2c2nc(C3CC3)n[nH]2)C1. The number of nitrogens with one attached hydrogen (secondary N) is 2. The summed E-state index contributed by atoms with van der Waals surface area (Å²) in [6.45, 7) is 4.27. The maximum atomic E-state index is 12.8. The van der Waals surface area contributed by atoms with Crippen LogP contribution in [0, 0.1) is 5.41 Å². The Balaban J connectivity index is 1.24. The zero-order chi connectivity index (χ0) is 20.1. The van der Waals surface area contributed by atoms with Crippen molar-refractivity contribution in [1.82, 2.24) is 35.2 Å². The molecule has 0 bridgehead atoms. The van der Waals surface area contributed by atoms with Gasteiger partial charge in [0.25, 0.3) is 5.91 Å². The van der Waals surface area contributed by atoms with Crippen LogP contribution in [0.25, 0.3) is 0 Å². The fourth-order valence-electron chi connectivity index (χ4n) is 5.10. The van der Waals surface area contributed by atoms with Gasteiger partial charge >= 0.3 is 0 Å². The quantitative estimate of drug-likeness (QED) is 0.681. The lowest BCUT2D eigenvalue weighted by Crippen LogP contribution is -2.61. The van der Waals surface area contributed by atoms with Crippen LogP contribution >= 0.6 is 0 Å². The Kier molecular flexibility index (Phi) is 4.02. The van der Waals surface area contributed by atoms with Crippen molar-refractivity contribution in [3.8, 4) is 0 Å². The minimum absolute atomic E-state index is 0.0187. The number of rotatable bonds is 5. The third-order valence-electron chi connectivity index (χ3n) is 6.79. The number of likely N-dealkylation sites (tertiary alicyclic amines) is 2. The summed E-state index contributed by atoms with van der Waals surface area (Å²) >= 11 is 0.